The first-order valence-corrected chi connectivity index (χ1v) is 5.86. The highest BCUT2D eigenvalue weighted by Gasteiger charge is 2.43. The van der Waals surface area contributed by atoms with Crippen LogP contribution in [0.3, 0.4) is 0 Å². The van der Waals surface area contributed by atoms with Crippen LogP contribution in [0.4, 0.5) is 17.6 Å². The minimum atomic E-state index is -4.44. The van der Waals surface area contributed by atoms with Gasteiger partial charge in [0.1, 0.15) is 11.2 Å². The van der Waals surface area contributed by atoms with Gasteiger partial charge in [0, 0.05) is 13.0 Å². The molecule has 0 aliphatic carbocycles. The maximum atomic E-state index is 13.3. The number of nitrogens with two attached hydrogens (primary N) is 1. The van der Waals surface area contributed by atoms with Crippen LogP contribution in [0.5, 0.6) is 0 Å². The van der Waals surface area contributed by atoms with Gasteiger partial charge in [0.2, 0.25) is 0 Å². The lowest BCUT2D eigenvalue weighted by molar-refractivity contribution is -0.154. The summed E-state index contributed by atoms with van der Waals surface area (Å²) in [7, 11) is 1.06. The smallest absolute Gasteiger partial charge is 0.389 e. The van der Waals surface area contributed by atoms with Crippen LogP contribution >= 0.6 is 0 Å². The molecule has 3 nitrogen and oxygen atoms in total. The van der Waals surface area contributed by atoms with Gasteiger partial charge in [-0.3, -0.25) is 4.79 Å². The third kappa shape index (κ3) is 3.69. The molecule has 1 aromatic carbocycles. The molecule has 0 amide bonds. The van der Waals surface area contributed by atoms with E-state index < -0.39 is 42.8 Å². The number of halogens is 4. The van der Waals surface area contributed by atoms with Crippen LogP contribution in [-0.4, -0.2) is 25.8 Å². The maximum Gasteiger partial charge on any atom is 0.389 e. The fourth-order valence-corrected chi connectivity index (χ4v) is 2.00. The molecule has 0 saturated heterocycles. The lowest BCUT2D eigenvalue weighted by Gasteiger charge is -2.30. The molecule has 0 saturated carbocycles. The van der Waals surface area contributed by atoms with Crippen LogP contribution < -0.4 is 5.73 Å². The van der Waals surface area contributed by atoms with Gasteiger partial charge in [-0.1, -0.05) is 12.1 Å². The fraction of sp³-hybridized carbons (Fsp3) is 0.462. The second-order valence-electron chi connectivity index (χ2n) is 4.40. The van der Waals surface area contributed by atoms with Crippen LogP contribution in [0.25, 0.3) is 0 Å². The van der Waals surface area contributed by atoms with E-state index in [9.17, 15) is 22.4 Å². The highest BCUT2D eigenvalue weighted by Crippen LogP contribution is 2.35. The van der Waals surface area contributed by atoms with Gasteiger partial charge in [-0.25, -0.2) is 4.39 Å². The van der Waals surface area contributed by atoms with E-state index in [0.717, 1.165) is 19.2 Å². The number of carbonyl (C=O) groups excluding carboxylic acids is 1. The number of rotatable bonds is 5. The van der Waals surface area contributed by atoms with E-state index in [4.69, 9.17) is 5.73 Å². The van der Waals surface area contributed by atoms with Crippen LogP contribution in [0.1, 0.15) is 18.4 Å². The molecule has 1 atom stereocenters. The van der Waals surface area contributed by atoms with Crippen LogP contribution in [0.2, 0.25) is 0 Å². The van der Waals surface area contributed by atoms with E-state index in [1.165, 1.54) is 12.1 Å². The Labute approximate surface area is 113 Å². The quantitative estimate of drug-likeness (QED) is 0.670. The van der Waals surface area contributed by atoms with Crippen LogP contribution in [0, 0.1) is 5.82 Å². The molecule has 1 aromatic rings. The summed E-state index contributed by atoms with van der Waals surface area (Å²) in [4.78, 5) is 11.9. The average Bonchev–Trinajstić information content (AvgIpc) is 2.38. The second kappa shape index (κ2) is 6.21. The van der Waals surface area contributed by atoms with Crippen molar-refractivity contribution >= 4 is 5.97 Å². The predicted molar refractivity (Wildman–Crippen MR) is 64.4 cm³/mol. The van der Waals surface area contributed by atoms with Crippen LogP contribution in [0.15, 0.2) is 24.3 Å². The summed E-state index contributed by atoms with van der Waals surface area (Å²) in [5, 5.41) is 0. The summed E-state index contributed by atoms with van der Waals surface area (Å²) in [6, 6.07) is 4.81. The maximum absolute atomic E-state index is 13.3. The molecule has 0 fully saturated rings. The lowest BCUT2D eigenvalue weighted by atomic mass is 9.76. The number of ether oxygens (including phenoxy) is 1. The minimum Gasteiger partial charge on any atom is -0.468 e. The van der Waals surface area contributed by atoms with Crippen molar-refractivity contribution in [3.63, 3.8) is 0 Å². The number of methoxy groups -OCH3 is 1. The van der Waals surface area contributed by atoms with E-state index in [2.05, 4.69) is 4.74 Å². The van der Waals surface area contributed by atoms with Crippen molar-refractivity contribution in [2.24, 2.45) is 5.73 Å². The zero-order valence-electron chi connectivity index (χ0n) is 10.8. The highest BCUT2D eigenvalue weighted by atomic mass is 19.4. The molecule has 7 heteroatoms. The average molecular weight is 293 g/mol. The molecule has 112 valence electrons. The fourth-order valence-electron chi connectivity index (χ4n) is 2.00. The normalized spacial score (nSPS) is 14.7. The Morgan fingerprint density at radius 2 is 1.95 bits per heavy atom. The van der Waals surface area contributed by atoms with Gasteiger partial charge in [0.25, 0.3) is 0 Å². The minimum absolute atomic E-state index is 0.0797. The van der Waals surface area contributed by atoms with Gasteiger partial charge in [-0.15, -0.1) is 0 Å². The van der Waals surface area contributed by atoms with Crippen molar-refractivity contribution < 1.29 is 27.1 Å². The van der Waals surface area contributed by atoms with Crippen molar-refractivity contribution in [3.8, 4) is 0 Å². The van der Waals surface area contributed by atoms with Gasteiger partial charge in [0.05, 0.1) is 7.11 Å². The Morgan fingerprint density at radius 1 is 1.30 bits per heavy atom. The van der Waals surface area contributed by atoms with Crippen LogP contribution in [-0.2, 0) is 14.9 Å². The highest BCUT2D eigenvalue weighted by molar-refractivity contribution is 5.83. The molecule has 0 spiro atoms. The van der Waals surface area contributed by atoms with Gasteiger partial charge in [-0.2, -0.15) is 13.2 Å². The van der Waals surface area contributed by atoms with Crippen molar-refractivity contribution in [1.82, 2.24) is 0 Å². The summed E-state index contributed by atoms with van der Waals surface area (Å²) in [5.74, 6) is -1.56. The Morgan fingerprint density at radius 3 is 2.40 bits per heavy atom. The second-order valence-corrected chi connectivity index (χ2v) is 4.40. The number of carbonyl (C=O) groups is 1. The SMILES string of the molecule is COC(=O)C(CN)(CCC(F)(F)F)c1cccc(F)c1. The first-order valence-electron chi connectivity index (χ1n) is 5.86. The molecule has 0 radical (unpaired) electrons. The summed E-state index contributed by atoms with van der Waals surface area (Å²) in [6.07, 6.45) is -6.25. The number of hydrogen-bond donors (Lipinski definition) is 1. The zero-order valence-corrected chi connectivity index (χ0v) is 10.8. The summed E-state index contributed by atoms with van der Waals surface area (Å²) in [6.45, 7) is -0.404. The molecule has 20 heavy (non-hydrogen) atoms. The first kappa shape index (κ1) is 16.4. The third-order valence-corrected chi connectivity index (χ3v) is 3.14. The monoisotopic (exact) mass is 293 g/mol. The molecule has 0 bridgehead atoms. The number of alkyl halides is 3. The third-order valence-electron chi connectivity index (χ3n) is 3.14. The molecule has 0 heterocycles. The number of hydrogen-bond acceptors (Lipinski definition) is 3. The predicted octanol–water partition coefficient (Wildman–Crippen LogP) is 2.54. The first-order chi connectivity index (χ1) is 9.25. The van der Waals surface area contributed by atoms with E-state index >= 15 is 0 Å². The van der Waals surface area contributed by atoms with Crippen molar-refractivity contribution in [2.45, 2.75) is 24.4 Å². The Balaban J connectivity index is 3.21. The summed E-state index contributed by atoms with van der Waals surface area (Å²) in [5.41, 5.74) is 3.88. The van der Waals surface area contributed by atoms with Gasteiger partial charge in [-0.05, 0) is 24.1 Å². The number of benzene rings is 1. The van der Waals surface area contributed by atoms with Gasteiger partial charge >= 0.3 is 12.1 Å². The molecule has 0 aliphatic rings. The summed E-state index contributed by atoms with van der Waals surface area (Å²) < 4.78 is 55.1. The van der Waals surface area contributed by atoms with Gasteiger partial charge < -0.3 is 10.5 Å². The van der Waals surface area contributed by atoms with Crippen molar-refractivity contribution in [2.75, 3.05) is 13.7 Å². The van der Waals surface area contributed by atoms with E-state index in [-0.39, 0.29) is 5.56 Å². The van der Waals surface area contributed by atoms with Gasteiger partial charge in [0.15, 0.2) is 0 Å². The molecule has 1 unspecified atom stereocenters. The Kier molecular flexibility index (Phi) is 5.10. The molecular formula is C13H15F4NO2. The van der Waals surface area contributed by atoms with E-state index in [0.29, 0.717) is 0 Å². The molecule has 0 aliphatic heterocycles. The summed E-state index contributed by atoms with van der Waals surface area (Å²) >= 11 is 0. The number of esters is 1. The molecule has 0 aromatic heterocycles. The lowest BCUT2D eigenvalue weighted by Crippen LogP contribution is -2.44. The Hall–Kier alpha value is -1.63. The molecular weight excluding hydrogens is 278 g/mol. The largest absolute Gasteiger partial charge is 0.468 e. The standard InChI is InChI=1S/C13H15F4NO2/c1-20-11(19)12(8-18,5-6-13(15,16)17)9-3-2-4-10(14)7-9/h2-4,7H,5-6,8,18H2,1H3. The van der Waals surface area contributed by atoms with Crippen molar-refractivity contribution in [1.29, 1.82) is 0 Å². The zero-order chi connectivity index (χ0) is 15.4. The van der Waals surface area contributed by atoms with Crippen molar-refractivity contribution in [3.05, 3.63) is 35.6 Å². The molecule has 2 N–H and O–H groups in total. The topological polar surface area (TPSA) is 52.3 Å². The van der Waals surface area contributed by atoms with E-state index in [1.54, 1.807) is 0 Å². The molecule has 1 rings (SSSR count). The Bertz CT molecular complexity index is 476. The van der Waals surface area contributed by atoms with E-state index in [1.807, 2.05) is 0 Å².